The number of carbonyl (C=O) groups is 1. The van der Waals surface area contributed by atoms with Crippen molar-refractivity contribution in [3.8, 4) is 22.9 Å². The summed E-state index contributed by atoms with van der Waals surface area (Å²) < 4.78 is 35.4. The number of piperidine rings is 1. The van der Waals surface area contributed by atoms with Gasteiger partial charge in [-0.25, -0.2) is 18.7 Å². The Morgan fingerprint density at radius 3 is 2.60 bits per heavy atom. The number of aromatic nitrogens is 4. The zero-order chi connectivity index (χ0) is 38.0. The molecule has 1 aromatic carbocycles. The molecule has 5 heterocycles. The van der Waals surface area contributed by atoms with Gasteiger partial charge in [0.05, 0.1) is 40.3 Å². The SMILES string of the molecule is CC.Cc1nc2cnc(N(C)C3CCN(C4CC(F)(F)C4)CC3)c(C#N)c2c(=O)n1CCOc1ccc(Cl)cc1-c1ccnc2c(CC(=O)O)csc12. The molecule has 4 aromatic heterocycles. The fourth-order valence-corrected chi connectivity index (χ4v) is 8.44. The molecule has 0 unspecified atom stereocenters. The molecule has 0 spiro atoms. The molecule has 1 saturated heterocycles. The van der Waals surface area contributed by atoms with Crippen molar-refractivity contribution < 1.29 is 23.4 Å². The van der Waals surface area contributed by atoms with Crippen LogP contribution in [0.1, 0.15) is 56.5 Å². The van der Waals surface area contributed by atoms with Crippen molar-refractivity contribution in [2.45, 2.75) is 77.4 Å². The number of anilines is 1. The molecular weight excluding hydrogens is 724 g/mol. The number of nitriles is 1. The molecule has 2 aliphatic rings. The summed E-state index contributed by atoms with van der Waals surface area (Å²) in [5.41, 5.74) is 2.80. The van der Waals surface area contributed by atoms with Gasteiger partial charge in [-0.15, -0.1) is 11.3 Å². The van der Waals surface area contributed by atoms with E-state index in [9.17, 15) is 28.7 Å². The van der Waals surface area contributed by atoms with Crippen LogP contribution in [-0.4, -0.2) is 80.2 Å². The van der Waals surface area contributed by atoms with Gasteiger partial charge >= 0.3 is 5.97 Å². The molecule has 11 nitrogen and oxygen atoms in total. The summed E-state index contributed by atoms with van der Waals surface area (Å²) in [7, 11) is 1.85. The highest BCUT2D eigenvalue weighted by atomic mass is 35.5. The molecule has 15 heteroatoms. The van der Waals surface area contributed by atoms with E-state index in [1.807, 2.05) is 31.9 Å². The second kappa shape index (κ2) is 15.7. The van der Waals surface area contributed by atoms with Gasteiger partial charge in [0, 0.05) is 73.0 Å². The van der Waals surface area contributed by atoms with Gasteiger partial charge in [0.1, 0.15) is 35.6 Å². The van der Waals surface area contributed by atoms with Crippen LogP contribution >= 0.6 is 22.9 Å². The molecule has 278 valence electrons. The van der Waals surface area contributed by atoms with E-state index in [0.29, 0.717) is 57.7 Å². The van der Waals surface area contributed by atoms with E-state index in [2.05, 4.69) is 25.9 Å². The number of carboxylic acids is 1. The number of thiophene rings is 1. The number of halogens is 3. The van der Waals surface area contributed by atoms with E-state index in [0.717, 1.165) is 23.1 Å². The summed E-state index contributed by atoms with van der Waals surface area (Å²) in [6.45, 7) is 7.31. The minimum atomic E-state index is -2.56. The van der Waals surface area contributed by atoms with Crippen LogP contribution in [0.5, 0.6) is 5.75 Å². The van der Waals surface area contributed by atoms with Crippen LogP contribution in [0.3, 0.4) is 0 Å². The molecule has 1 N–H and O–H groups in total. The zero-order valence-corrected chi connectivity index (χ0v) is 31.5. The fourth-order valence-electron chi connectivity index (χ4n) is 7.21. The second-order valence-corrected chi connectivity index (χ2v) is 14.4. The van der Waals surface area contributed by atoms with E-state index in [1.165, 1.54) is 22.1 Å². The molecule has 1 aliphatic carbocycles. The minimum absolute atomic E-state index is 0.0288. The predicted octanol–water partition coefficient (Wildman–Crippen LogP) is 7.33. The fraction of sp³-hybridized carbons (Fsp3) is 0.421. The van der Waals surface area contributed by atoms with Crippen LogP contribution in [0.4, 0.5) is 14.6 Å². The first-order valence-corrected chi connectivity index (χ1v) is 18.8. The largest absolute Gasteiger partial charge is 0.491 e. The lowest BCUT2D eigenvalue weighted by Crippen LogP contribution is -2.55. The van der Waals surface area contributed by atoms with Gasteiger partial charge in [-0.05, 0) is 49.4 Å². The number of rotatable bonds is 10. The number of ether oxygens (including phenoxy) is 1. The molecule has 0 amide bonds. The summed E-state index contributed by atoms with van der Waals surface area (Å²) in [6, 6.07) is 9.20. The van der Waals surface area contributed by atoms with E-state index >= 15 is 0 Å². The Hall–Kier alpha value is -4.71. The Balaban J connectivity index is 0.00000236. The Morgan fingerprint density at radius 2 is 1.92 bits per heavy atom. The molecule has 0 atom stereocenters. The molecule has 0 bridgehead atoms. The predicted molar refractivity (Wildman–Crippen MR) is 202 cm³/mol. The number of aryl methyl sites for hydroxylation is 1. The van der Waals surface area contributed by atoms with Crippen LogP contribution < -0.4 is 15.2 Å². The molecule has 1 saturated carbocycles. The van der Waals surface area contributed by atoms with Crippen LogP contribution in [0.2, 0.25) is 5.02 Å². The van der Waals surface area contributed by atoms with Crippen LogP contribution in [-0.2, 0) is 17.8 Å². The van der Waals surface area contributed by atoms with E-state index in [1.54, 1.807) is 36.7 Å². The first-order chi connectivity index (χ1) is 25.4. The van der Waals surface area contributed by atoms with Gasteiger partial charge in [0.25, 0.3) is 11.5 Å². The summed E-state index contributed by atoms with van der Waals surface area (Å²) in [5.74, 6) is -2.16. The smallest absolute Gasteiger partial charge is 0.307 e. The number of hydrogen-bond donors (Lipinski definition) is 1. The van der Waals surface area contributed by atoms with Crippen LogP contribution in [0.15, 0.2) is 46.8 Å². The highest BCUT2D eigenvalue weighted by molar-refractivity contribution is 7.18. The van der Waals surface area contributed by atoms with E-state index in [4.69, 9.17) is 16.3 Å². The molecular formula is C38H40ClF2N7O4S. The maximum Gasteiger partial charge on any atom is 0.307 e. The molecule has 7 rings (SSSR count). The average Bonchev–Trinajstić information content (AvgIpc) is 3.54. The quantitative estimate of drug-likeness (QED) is 0.154. The third kappa shape index (κ3) is 7.69. The topological polar surface area (TPSA) is 137 Å². The van der Waals surface area contributed by atoms with Gasteiger partial charge in [-0.1, -0.05) is 25.4 Å². The summed E-state index contributed by atoms with van der Waals surface area (Å²) in [5, 5.41) is 22.1. The Labute approximate surface area is 314 Å². The number of benzene rings is 1. The number of fused-ring (bicyclic) bond motifs is 2. The van der Waals surface area contributed by atoms with Gasteiger partial charge in [-0.3, -0.25) is 24.0 Å². The monoisotopic (exact) mass is 763 g/mol. The lowest BCUT2D eigenvalue weighted by atomic mass is 9.85. The maximum absolute atomic E-state index is 14.0. The molecule has 53 heavy (non-hydrogen) atoms. The highest BCUT2D eigenvalue weighted by Crippen LogP contribution is 2.42. The van der Waals surface area contributed by atoms with Crippen molar-refractivity contribution in [2.24, 2.45) is 0 Å². The summed E-state index contributed by atoms with van der Waals surface area (Å²) in [6.07, 6.45) is 4.27. The number of pyridine rings is 2. The Bertz CT molecular complexity index is 2260. The number of hydrogen-bond acceptors (Lipinski definition) is 10. The van der Waals surface area contributed by atoms with Crippen molar-refractivity contribution in [3.05, 3.63) is 74.4 Å². The minimum Gasteiger partial charge on any atom is -0.491 e. The third-order valence-electron chi connectivity index (χ3n) is 9.92. The Morgan fingerprint density at radius 1 is 1.19 bits per heavy atom. The Kier molecular flexibility index (Phi) is 11.3. The molecule has 0 radical (unpaired) electrons. The van der Waals surface area contributed by atoms with E-state index < -0.39 is 11.9 Å². The highest BCUT2D eigenvalue weighted by Gasteiger charge is 2.48. The maximum atomic E-state index is 14.0. The lowest BCUT2D eigenvalue weighted by molar-refractivity contribution is -0.136. The number of alkyl halides is 2. The second-order valence-electron chi connectivity index (χ2n) is 13.1. The van der Waals surface area contributed by atoms with Gasteiger partial charge in [0.2, 0.25) is 0 Å². The number of carboxylic acid groups (broad SMARTS) is 1. The molecule has 1 aliphatic heterocycles. The third-order valence-corrected chi connectivity index (χ3v) is 11.2. The van der Waals surface area contributed by atoms with Gasteiger partial charge in [-0.2, -0.15) is 5.26 Å². The average molecular weight is 764 g/mol. The number of likely N-dealkylation sites (tertiary alicyclic amines) is 1. The van der Waals surface area contributed by atoms with Crippen LogP contribution in [0, 0.1) is 18.3 Å². The van der Waals surface area contributed by atoms with Gasteiger partial charge < -0.3 is 14.7 Å². The van der Waals surface area contributed by atoms with Crippen LogP contribution in [0.25, 0.3) is 32.2 Å². The normalized spacial score (nSPS) is 16.1. The van der Waals surface area contributed by atoms with Crippen molar-refractivity contribution >= 4 is 55.8 Å². The summed E-state index contributed by atoms with van der Waals surface area (Å²) >= 11 is 7.80. The van der Waals surface area contributed by atoms with Crippen molar-refractivity contribution in [1.29, 1.82) is 5.26 Å². The van der Waals surface area contributed by atoms with E-state index in [-0.39, 0.29) is 61.0 Å². The van der Waals surface area contributed by atoms with Crippen molar-refractivity contribution in [1.82, 2.24) is 24.4 Å². The first-order valence-electron chi connectivity index (χ1n) is 17.6. The first kappa shape index (κ1) is 38.0. The number of aliphatic carboxylic acids is 1. The van der Waals surface area contributed by atoms with Crippen molar-refractivity contribution in [2.75, 3.05) is 31.6 Å². The zero-order valence-electron chi connectivity index (χ0n) is 29.9. The van der Waals surface area contributed by atoms with Crippen molar-refractivity contribution in [3.63, 3.8) is 0 Å². The molecule has 2 fully saturated rings. The summed E-state index contributed by atoms with van der Waals surface area (Å²) in [4.78, 5) is 43.1. The molecule has 5 aromatic rings. The lowest BCUT2D eigenvalue weighted by Gasteiger charge is -2.46. The standard InChI is InChI=1S/C36H34ClF2N7O4S.C2H6/c1-20-43-28-18-42-34(44(2)23-6-9-45(10-7-23)24-15-36(38,39)16-24)27(17-40)31(28)35(49)46(20)11-12-50-29-4-3-22(37)14-26(29)25-5-8-41-32-21(13-30(47)48)19-51-33(25)32;1-2/h3-5,8,14,18-19,23-24H,6-7,9-13,15-16H2,1-2H3,(H,47,48);1-2H3. The number of nitrogens with zero attached hydrogens (tertiary/aromatic N) is 7. The van der Waals surface area contributed by atoms with Gasteiger partial charge in [0.15, 0.2) is 0 Å².